The zero-order valence-electron chi connectivity index (χ0n) is 17.8. The molecule has 1 fully saturated rings. The number of carbonyl (C=O) groups is 2. The number of halogens is 2. The molecule has 0 saturated carbocycles. The summed E-state index contributed by atoms with van der Waals surface area (Å²) < 4.78 is 33.3. The van der Waals surface area contributed by atoms with Crippen LogP contribution in [0.1, 0.15) is 21.5 Å². The highest BCUT2D eigenvalue weighted by atomic mass is 32.2. The van der Waals surface area contributed by atoms with Gasteiger partial charge in [0.25, 0.3) is 11.8 Å². The first-order valence-electron chi connectivity index (χ1n) is 10.4. The number of rotatable bonds is 4. The first-order chi connectivity index (χ1) is 16.0. The largest absolute Gasteiger partial charge is 0.497 e. The molecule has 0 radical (unpaired) electrons. The van der Waals surface area contributed by atoms with E-state index in [0.29, 0.717) is 29.3 Å². The number of benzene rings is 3. The van der Waals surface area contributed by atoms with E-state index < -0.39 is 16.6 Å². The lowest BCUT2D eigenvalue weighted by Crippen LogP contribution is -2.50. The van der Waals surface area contributed by atoms with Gasteiger partial charge >= 0.3 is 0 Å². The molecular formula is C25H20F2N2O3S. The second-order valence-corrected chi connectivity index (χ2v) is 9.12. The van der Waals surface area contributed by atoms with Crippen LogP contribution >= 0.6 is 11.8 Å². The van der Waals surface area contributed by atoms with Crippen molar-refractivity contribution < 1.29 is 23.1 Å². The summed E-state index contributed by atoms with van der Waals surface area (Å²) in [5.74, 6) is -0.746. The van der Waals surface area contributed by atoms with Crippen LogP contribution in [0.15, 0.2) is 66.7 Å². The lowest BCUT2D eigenvalue weighted by molar-refractivity contribution is -0.123. The van der Waals surface area contributed by atoms with E-state index in [-0.39, 0.29) is 23.8 Å². The maximum absolute atomic E-state index is 14.5. The molecule has 33 heavy (non-hydrogen) atoms. The van der Waals surface area contributed by atoms with E-state index in [0.717, 1.165) is 5.56 Å². The van der Waals surface area contributed by atoms with Crippen molar-refractivity contribution in [1.82, 2.24) is 4.90 Å². The number of hydrogen-bond donors (Lipinski definition) is 0. The molecule has 8 heteroatoms. The number of carbonyl (C=O) groups excluding carboxylic acids is 2. The summed E-state index contributed by atoms with van der Waals surface area (Å²) in [7, 11) is 1.53. The third kappa shape index (κ3) is 3.36. The van der Waals surface area contributed by atoms with Crippen molar-refractivity contribution in [3.63, 3.8) is 0 Å². The molecule has 0 aliphatic carbocycles. The first kappa shape index (κ1) is 21.5. The maximum Gasteiger partial charge on any atom is 0.268 e. The van der Waals surface area contributed by atoms with Crippen LogP contribution in [-0.4, -0.2) is 36.1 Å². The topological polar surface area (TPSA) is 49.9 Å². The van der Waals surface area contributed by atoms with Crippen LogP contribution in [0.3, 0.4) is 0 Å². The summed E-state index contributed by atoms with van der Waals surface area (Å²) in [5, 5.41) is 0. The van der Waals surface area contributed by atoms with Gasteiger partial charge in [-0.2, -0.15) is 0 Å². The molecule has 168 valence electrons. The van der Waals surface area contributed by atoms with E-state index in [9.17, 15) is 18.4 Å². The predicted octanol–water partition coefficient (Wildman–Crippen LogP) is 4.56. The minimum Gasteiger partial charge on any atom is -0.497 e. The average Bonchev–Trinajstić information content (AvgIpc) is 3.37. The predicted molar refractivity (Wildman–Crippen MR) is 122 cm³/mol. The van der Waals surface area contributed by atoms with E-state index in [1.807, 2.05) is 0 Å². The van der Waals surface area contributed by atoms with Gasteiger partial charge in [-0.3, -0.25) is 9.59 Å². The molecule has 2 amide bonds. The van der Waals surface area contributed by atoms with Crippen molar-refractivity contribution in [3.05, 3.63) is 95.1 Å². The number of methoxy groups -OCH3 is 1. The Labute approximate surface area is 193 Å². The Hall–Kier alpha value is -3.39. The van der Waals surface area contributed by atoms with Crippen LogP contribution in [0, 0.1) is 11.6 Å². The van der Waals surface area contributed by atoms with Gasteiger partial charge in [0.15, 0.2) is 4.87 Å². The first-order valence-corrected chi connectivity index (χ1v) is 11.4. The summed E-state index contributed by atoms with van der Waals surface area (Å²) in [6, 6.07) is 17.0. The smallest absolute Gasteiger partial charge is 0.268 e. The number of anilines is 1. The zero-order valence-corrected chi connectivity index (χ0v) is 18.6. The fourth-order valence-corrected chi connectivity index (χ4v) is 5.88. The molecule has 0 bridgehead atoms. The summed E-state index contributed by atoms with van der Waals surface area (Å²) >= 11 is 1.35. The molecule has 3 aromatic carbocycles. The van der Waals surface area contributed by atoms with Gasteiger partial charge in [0.05, 0.1) is 24.9 Å². The summed E-state index contributed by atoms with van der Waals surface area (Å²) in [6.07, 6.45) is 0. The molecule has 3 aromatic rings. The number of ether oxygens (including phenoxy) is 1. The number of hydrogen-bond acceptors (Lipinski definition) is 4. The quantitative estimate of drug-likeness (QED) is 0.566. The van der Waals surface area contributed by atoms with Crippen molar-refractivity contribution in [1.29, 1.82) is 0 Å². The zero-order chi connectivity index (χ0) is 23.2. The van der Waals surface area contributed by atoms with E-state index in [2.05, 4.69) is 0 Å². The van der Waals surface area contributed by atoms with Crippen LogP contribution < -0.4 is 9.64 Å². The average molecular weight is 467 g/mol. The van der Waals surface area contributed by atoms with Crippen LogP contribution in [0.2, 0.25) is 0 Å². The third-order valence-corrected chi connectivity index (χ3v) is 7.42. The molecule has 0 N–H and O–H groups in total. The van der Waals surface area contributed by atoms with Crippen LogP contribution in [-0.2, 0) is 16.2 Å². The Kier molecular flexibility index (Phi) is 5.32. The van der Waals surface area contributed by atoms with Gasteiger partial charge in [-0.1, -0.05) is 24.3 Å². The lowest BCUT2D eigenvalue weighted by atomic mass is 10.0. The van der Waals surface area contributed by atoms with Gasteiger partial charge in [-0.25, -0.2) is 8.78 Å². The lowest BCUT2D eigenvalue weighted by Gasteiger charge is -2.33. The fourth-order valence-electron chi connectivity index (χ4n) is 4.43. The molecular weight excluding hydrogens is 446 g/mol. The van der Waals surface area contributed by atoms with Crippen molar-refractivity contribution >= 4 is 29.3 Å². The number of nitrogens with zero attached hydrogens (tertiary/aromatic N) is 2. The van der Waals surface area contributed by atoms with Crippen molar-refractivity contribution in [3.8, 4) is 5.75 Å². The molecule has 2 aliphatic rings. The van der Waals surface area contributed by atoms with Crippen LogP contribution in [0.25, 0.3) is 0 Å². The molecule has 2 heterocycles. The highest BCUT2D eigenvalue weighted by Gasteiger charge is 2.59. The van der Waals surface area contributed by atoms with Crippen molar-refractivity contribution in [2.75, 3.05) is 24.3 Å². The summed E-state index contributed by atoms with van der Waals surface area (Å²) in [6.45, 7) is 0.507. The van der Waals surface area contributed by atoms with E-state index in [4.69, 9.17) is 4.74 Å². The summed E-state index contributed by atoms with van der Waals surface area (Å²) in [5.41, 5.74) is 1.94. The molecule has 5 rings (SSSR count). The molecule has 1 atom stereocenters. The van der Waals surface area contributed by atoms with Gasteiger partial charge in [0.1, 0.15) is 17.4 Å². The van der Waals surface area contributed by atoms with Gasteiger partial charge in [0, 0.05) is 17.9 Å². The normalized spacial score (nSPS) is 19.3. The molecule has 5 nitrogen and oxygen atoms in total. The highest BCUT2D eigenvalue weighted by molar-refractivity contribution is 8.01. The molecule has 0 unspecified atom stereocenters. The Morgan fingerprint density at radius 2 is 1.85 bits per heavy atom. The Balaban J connectivity index is 1.62. The number of thioether (sulfide) groups is 1. The molecule has 0 aromatic heterocycles. The van der Waals surface area contributed by atoms with E-state index in [1.165, 1.54) is 54.1 Å². The number of amides is 2. The minimum absolute atomic E-state index is 0.0754. The second kappa shape index (κ2) is 8.19. The number of fused-ring (bicyclic) bond motifs is 2. The SMILES string of the molecule is COc1ccc2c(c1)[C@@]1(SCCN1C(=O)c1ccccc1F)C(=O)N2Cc1ccc(F)cc1. The van der Waals surface area contributed by atoms with E-state index in [1.54, 1.807) is 41.3 Å². The van der Waals surface area contributed by atoms with Gasteiger partial charge in [-0.15, -0.1) is 11.8 Å². The van der Waals surface area contributed by atoms with Crippen molar-refractivity contribution in [2.45, 2.75) is 11.4 Å². The van der Waals surface area contributed by atoms with E-state index >= 15 is 0 Å². The molecule has 2 aliphatic heterocycles. The fraction of sp³-hybridized carbons (Fsp3) is 0.200. The second-order valence-electron chi connectivity index (χ2n) is 7.83. The maximum atomic E-state index is 14.5. The van der Waals surface area contributed by atoms with Gasteiger partial charge in [0.2, 0.25) is 0 Å². The Morgan fingerprint density at radius 3 is 2.58 bits per heavy atom. The van der Waals surface area contributed by atoms with Crippen LogP contribution in [0.4, 0.5) is 14.5 Å². The van der Waals surface area contributed by atoms with Gasteiger partial charge < -0.3 is 14.5 Å². The standard InChI is InChI=1S/C25H20F2N2O3S/c1-32-18-10-11-22-20(14-18)25(24(31)28(22)15-16-6-8-17(26)9-7-16)29(12-13-33-25)23(30)19-4-2-3-5-21(19)27/h2-11,14H,12-13,15H2,1H3/t25-/m1/s1. The van der Waals surface area contributed by atoms with Gasteiger partial charge in [-0.05, 0) is 48.0 Å². The third-order valence-electron chi connectivity index (χ3n) is 6.00. The molecule has 1 spiro atoms. The monoisotopic (exact) mass is 466 g/mol. The Bertz CT molecular complexity index is 1250. The summed E-state index contributed by atoms with van der Waals surface area (Å²) in [4.78, 5) is 29.2. The van der Waals surface area contributed by atoms with Crippen LogP contribution in [0.5, 0.6) is 5.75 Å². The highest BCUT2D eigenvalue weighted by Crippen LogP contribution is 2.55. The molecule has 1 saturated heterocycles. The Morgan fingerprint density at radius 1 is 1.09 bits per heavy atom. The minimum atomic E-state index is -1.33. The van der Waals surface area contributed by atoms with Crippen molar-refractivity contribution in [2.24, 2.45) is 0 Å².